The molecule has 2 nitrogen and oxygen atoms in total. The van der Waals surface area contributed by atoms with Gasteiger partial charge in [-0.2, -0.15) is 0 Å². The molecule has 0 aromatic heterocycles. The summed E-state index contributed by atoms with van der Waals surface area (Å²) < 4.78 is 18.4. The monoisotopic (exact) mass is 182 g/mol. The van der Waals surface area contributed by atoms with Gasteiger partial charge in [0.05, 0.1) is 6.61 Å². The van der Waals surface area contributed by atoms with Crippen molar-refractivity contribution in [3.8, 4) is 5.75 Å². The summed E-state index contributed by atoms with van der Waals surface area (Å²) in [5.74, 6) is -0.142. The molecule has 0 atom stereocenters. The molecule has 13 heavy (non-hydrogen) atoms. The number of benzene rings is 1. The summed E-state index contributed by atoms with van der Waals surface area (Å²) in [5, 5.41) is 8.96. The number of hydrogen-bond acceptors (Lipinski definition) is 2. The zero-order valence-corrected chi connectivity index (χ0v) is 7.16. The molecule has 70 valence electrons. The smallest absolute Gasteiger partial charge is 0.165 e. The largest absolute Gasteiger partial charge is 0.482 e. The van der Waals surface area contributed by atoms with Crippen LogP contribution in [0.2, 0.25) is 0 Å². The van der Waals surface area contributed by atoms with Gasteiger partial charge in [0, 0.05) is 0 Å². The third-order valence-corrected chi connectivity index (χ3v) is 2.26. The van der Waals surface area contributed by atoms with Crippen molar-refractivity contribution in [2.45, 2.75) is 18.4 Å². The SMILES string of the molecule is OCC1(Oc2ccccc2F)CC1. The van der Waals surface area contributed by atoms with Crippen LogP contribution in [0.25, 0.3) is 0 Å². The molecule has 1 aromatic carbocycles. The van der Waals surface area contributed by atoms with Crippen LogP contribution in [0.15, 0.2) is 24.3 Å². The zero-order valence-electron chi connectivity index (χ0n) is 7.16. The maximum absolute atomic E-state index is 13.1. The minimum atomic E-state index is -0.498. The van der Waals surface area contributed by atoms with Crippen LogP contribution in [0.3, 0.4) is 0 Å². The summed E-state index contributed by atoms with van der Waals surface area (Å²) in [6.07, 6.45) is 1.61. The van der Waals surface area contributed by atoms with Gasteiger partial charge in [0.25, 0.3) is 0 Å². The Balaban J connectivity index is 2.14. The van der Waals surface area contributed by atoms with Crippen molar-refractivity contribution in [2.75, 3.05) is 6.61 Å². The van der Waals surface area contributed by atoms with Crippen LogP contribution >= 0.6 is 0 Å². The van der Waals surface area contributed by atoms with Gasteiger partial charge in [-0.1, -0.05) is 12.1 Å². The van der Waals surface area contributed by atoms with Crippen molar-refractivity contribution < 1.29 is 14.2 Å². The number of aliphatic hydroxyl groups is 1. The molecule has 1 aromatic rings. The Kier molecular flexibility index (Phi) is 1.96. The third kappa shape index (κ3) is 1.65. The summed E-state index contributed by atoms with van der Waals surface area (Å²) in [4.78, 5) is 0. The van der Waals surface area contributed by atoms with Gasteiger partial charge in [-0.25, -0.2) is 4.39 Å². The second kappa shape index (κ2) is 3.00. The Labute approximate surface area is 76.0 Å². The number of rotatable bonds is 3. The van der Waals surface area contributed by atoms with Gasteiger partial charge in [-0.05, 0) is 25.0 Å². The molecule has 3 heteroatoms. The fourth-order valence-corrected chi connectivity index (χ4v) is 1.19. The van der Waals surface area contributed by atoms with Crippen molar-refractivity contribution >= 4 is 0 Å². The summed E-state index contributed by atoms with van der Waals surface area (Å²) in [6, 6.07) is 6.25. The average Bonchev–Trinajstić information content (AvgIpc) is 2.90. The van der Waals surface area contributed by atoms with E-state index >= 15 is 0 Å². The molecule has 1 fully saturated rings. The first-order valence-corrected chi connectivity index (χ1v) is 4.30. The van der Waals surface area contributed by atoms with Crippen LogP contribution in [0.4, 0.5) is 4.39 Å². The first-order valence-electron chi connectivity index (χ1n) is 4.30. The Hall–Kier alpha value is -1.09. The molecule has 1 saturated carbocycles. The fourth-order valence-electron chi connectivity index (χ4n) is 1.19. The molecule has 1 aliphatic rings. The van der Waals surface area contributed by atoms with Gasteiger partial charge in [-0.3, -0.25) is 0 Å². The minimum Gasteiger partial charge on any atom is -0.482 e. The minimum absolute atomic E-state index is 0.0403. The molecular formula is C10H11FO2. The maximum atomic E-state index is 13.1. The van der Waals surface area contributed by atoms with Crippen molar-refractivity contribution in [1.82, 2.24) is 0 Å². The molecule has 0 radical (unpaired) electrons. The van der Waals surface area contributed by atoms with Crippen LogP contribution < -0.4 is 4.74 Å². The molecule has 0 aliphatic heterocycles. The van der Waals surface area contributed by atoms with E-state index in [4.69, 9.17) is 9.84 Å². The highest BCUT2D eigenvalue weighted by atomic mass is 19.1. The average molecular weight is 182 g/mol. The van der Waals surface area contributed by atoms with Gasteiger partial charge >= 0.3 is 0 Å². The topological polar surface area (TPSA) is 29.5 Å². The molecular weight excluding hydrogens is 171 g/mol. The van der Waals surface area contributed by atoms with E-state index < -0.39 is 5.60 Å². The first kappa shape index (κ1) is 8.51. The van der Waals surface area contributed by atoms with E-state index in [1.807, 2.05) is 0 Å². The van der Waals surface area contributed by atoms with Gasteiger partial charge in [0.15, 0.2) is 11.6 Å². The lowest BCUT2D eigenvalue weighted by molar-refractivity contribution is 0.0914. The molecule has 0 saturated heterocycles. The van der Waals surface area contributed by atoms with E-state index in [0.29, 0.717) is 0 Å². The lowest BCUT2D eigenvalue weighted by Crippen LogP contribution is -2.23. The zero-order chi connectivity index (χ0) is 9.31. The normalized spacial score (nSPS) is 18.3. The number of hydrogen-bond donors (Lipinski definition) is 1. The van der Waals surface area contributed by atoms with Crippen molar-refractivity contribution in [1.29, 1.82) is 0 Å². The second-order valence-corrected chi connectivity index (χ2v) is 3.37. The predicted molar refractivity (Wildman–Crippen MR) is 46.1 cm³/mol. The van der Waals surface area contributed by atoms with Crippen molar-refractivity contribution in [3.05, 3.63) is 30.1 Å². The summed E-state index contributed by atoms with van der Waals surface area (Å²) in [7, 11) is 0. The molecule has 0 spiro atoms. The van der Waals surface area contributed by atoms with Gasteiger partial charge in [0.2, 0.25) is 0 Å². The number of halogens is 1. The molecule has 1 N–H and O–H groups in total. The standard InChI is InChI=1S/C10H11FO2/c11-8-3-1-2-4-9(8)13-10(7-12)5-6-10/h1-4,12H,5-7H2. The van der Waals surface area contributed by atoms with Crippen LogP contribution in [0.5, 0.6) is 5.75 Å². The predicted octanol–water partition coefficient (Wildman–Crippen LogP) is 1.73. The lowest BCUT2D eigenvalue weighted by atomic mass is 10.3. The summed E-state index contributed by atoms with van der Waals surface area (Å²) in [5.41, 5.74) is -0.498. The summed E-state index contributed by atoms with van der Waals surface area (Å²) in [6.45, 7) is -0.0403. The van der Waals surface area contributed by atoms with E-state index in [9.17, 15) is 4.39 Å². The Bertz CT molecular complexity index is 308. The van der Waals surface area contributed by atoms with Crippen LogP contribution in [0.1, 0.15) is 12.8 Å². The second-order valence-electron chi connectivity index (χ2n) is 3.37. The molecule has 0 unspecified atom stereocenters. The Morgan fingerprint density at radius 2 is 2.08 bits per heavy atom. The molecule has 2 rings (SSSR count). The molecule has 0 bridgehead atoms. The van der Waals surface area contributed by atoms with Gasteiger partial charge in [0.1, 0.15) is 5.60 Å². The van der Waals surface area contributed by atoms with Crippen LogP contribution in [0, 0.1) is 5.82 Å². The fraction of sp³-hybridized carbons (Fsp3) is 0.400. The highest BCUT2D eigenvalue weighted by Crippen LogP contribution is 2.40. The van der Waals surface area contributed by atoms with Gasteiger partial charge in [-0.15, -0.1) is 0 Å². The third-order valence-electron chi connectivity index (χ3n) is 2.26. The Morgan fingerprint density at radius 1 is 1.38 bits per heavy atom. The van der Waals surface area contributed by atoms with E-state index in [1.165, 1.54) is 6.07 Å². The van der Waals surface area contributed by atoms with E-state index in [-0.39, 0.29) is 18.2 Å². The number of para-hydroxylation sites is 1. The van der Waals surface area contributed by atoms with E-state index in [2.05, 4.69) is 0 Å². The highest BCUT2D eigenvalue weighted by molar-refractivity contribution is 5.25. The summed E-state index contributed by atoms with van der Waals surface area (Å²) >= 11 is 0. The number of aliphatic hydroxyl groups excluding tert-OH is 1. The first-order chi connectivity index (χ1) is 6.26. The molecule has 0 amide bonds. The highest BCUT2D eigenvalue weighted by Gasteiger charge is 2.45. The number of ether oxygens (including phenoxy) is 1. The maximum Gasteiger partial charge on any atom is 0.165 e. The lowest BCUT2D eigenvalue weighted by Gasteiger charge is -2.15. The molecule has 1 aliphatic carbocycles. The molecule has 0 heterocycles. The van der Waals surface area contributed by atoms with Crippen LogP contribution in [-0.4, -0.2) is 17.3 Å². The quantitative estimate of drug-likeness (QED) is 0.771. The van der Waals surface area contributed by atoms with Crippen molar-refractivity contribution in [3.63, 3.8) is 0 Å². The van der Waals surface area contributed by atoms with Crippen LogP contribution in [-0.2, 0) is 0 Å². The van der Waals surface area contributed by atoms with Crippen molar-refractivity contribution in [2.24, 2.45) is 0 Å². The van der Waals surface area contributed by atoms with E-state index in [0.717, 1.165) is 12.8 Å². The Morgan fingerprint density at radius 3 is 2.62 bits per heavy atom. The van der Waals surface area contributed by atoms with E-state index in [1.54, 1.807) is 18.2 Å². The van der Waals surface area contributed by atoms with Gasteiger partial charge < -0.3 is 9.84 Å².